The number of nitrogens with one attached hydrogen (secondary N) is 2. The fourth-order valence-electron chi connectivity index (χ4n) is 1.29. The number of amides is 2. The lowest BCUT2D eigenvalue weighted by Crippen LogP contribution is -2.52. The molecule has 1 unspecified atom stereocenters. The first kappa shape index (κ1) is 17.0. The molecule has 2 amide bonds. The fourth-order valence-corrected chi connectivity index (χ4v) is 1.29. The maximum Gasteiger partial charge on any atom is 0.471 e. The molecule has 0 saturated carbocycles. The van der Waals surface area contributed by atoms with Gasteiger partial charge >= 0.3 is 18.1 Å². The first-order valence-corrected chi connectivity index (χ1v) is 5.56. The number of aliphatic carboxylic acids is 1. The molecular weight excluding hydrogens is 307 g/mol. The number of hydrogen-bond donors (Lipinski definition) is 3. The van der Waals surface area contributed by atoms with Crippen molar-refractivity contribution in [2.24, 2.45) is 0 Å². The highest BCUT2D eigenvalue weighted by atomic mass is 19.4. The number of carboxylic acid groups (broad SMARTS) is 1. The van der Waals surface area contributed by atoms with E-state index in [4.69, 9.17) is 10.4 Å². The number of halogens is 3. The molecule has 1 atom stereocenters. The number of carbonyl (C=O) groups is 3. The number of anilines is 1. The quantitative estimate of drug-likeness (QED) is 0.704. The van der Waals surface area contributed by atoms with Crippen LogP contribution < -0.4 is 10.6 Å². The Bertz CT molecular complexity index is 635. The average Bonchev–Trinajstić information content (AvgIpc) is 2.43. The second-order valence-electron chi connectivity index (χ2n) is 3.92. The van der Waals surface area contributed by atoms with Gasteiger partial charge in [-0.05, 0) is 24.3 Å². The predicted molar refractivity (Wildman–Crippen MR) is 65.4 cm³/mol. The molecule has 0 aliphatic carbocycles. The minimum atomic E-state index is -5.32. The van der Waals surface area contributed by atoms with Gasteiger partial charge in [-0.3, -0.25) is 9.59 Å². The van der Waals surface area contributed by atoms with Crippen LogP contribution in [0.1, 0.15) is 5.56 Å². The van der Waals surface area contributed by atoms with Gasteiger partial charge in [0.15, 0.2) is 0 Å². The van der Waals surface area contributed by atoms with Crippen molar-refractivity contribution in [1.82, 2.24) is 5.32 Å². The van der Waals surface area contributed by atoms with Crippen LogP contribution in [0, 0.1) is 11.3 Å². The van der Waals surface area contributed by atoms with Crippen LogP contribution in [0.4, 0.5) is 18.9 Å². The predicted octanol–water partition coefficient (Wildman–Crippen LogP) is 0.628. The van der Waals surface area contributed by atoms with Crippen LogP contribution in [0.3, 0.4) is 0 Å². The fraction of sp³-hybridized carbons (Fsp3) is 0.167. The zero-order chi connectivity index (χ0) is 16.9. The molecule has 3 N–H and O–H groups in total. The van der Waals surface area contributed by atoms with E-state index in [2.05, 4.69) is 0 Å². The molecule has 1 rings (SSSR count). The third-order valence-corrected chi connectivity index (χ3v) is 2.32. The van der Waals surface area contributed by atoms with E-state index in [9.17, 15) is 27.6 Å². The maximum absolute atomic E-state index is 12.1. The van der Waals surface area contributed by atoms with Gasteiger partial charge in [-0.15, -0.1) is 0 Å². The Morgan fingerprint density at radius 2 is 1.73 bits per heavy atom. The average molecular weight is 315 g/mol. The smallest absolute Gasteiger partial charge is 0.471 e. The molecule has 1 aromatic rings. The highest BCUT2D eigenvalue weighted by Crippen LogP contribution is 2.15. The second kappa shape index (κ2) is 6.57. The summed E-state index contributed by atoms with van der Waals surface area (Å²) in [6, 6.07) is 4.50. The van der Waals surface area contributed by atoms with Gasteiger partial charge in [0.05, 0.1) is 11.6 Å². The van der Waals surface area contributed by atoms with Crippen molar-refractivity contribution >= 4 is 23.5 Å². The van der Waals surface area contributed by atoms with E-state index < -0.39 is 30.0 Å². The molecule has 0 bridgehead atoms. The van der Waals surface area contributed by atoms with Crippen molar-refractivity contribution in [3.8, 4) is 6.07 Å². The van der Waals surface area contributed by atoms with Crippen molar-refractivity contribution in [3.63, 3.8) is 0 Å². The number of hydrogen-bond acceptors (Lipinski definition) is 4. The maximum atomic E-state index is 12.1. The minimum absolute atomic E-state index is 0.0523. The number of carboxylic acids is 1. The summed E-state index contributed by atoms with van der Waals surface area (Å²) in [6.07, 6.45) is -5.32. The van der Waals surface area contributed by atoms with Crippen molar-refractivity contribution < 1.29 is 32.7 Å². The van der Waals surface area contributed by atoms with Crippen molar-refractivity contribution in [2.75, 3.05) is 5.32 Å². The molecule has 1 aromatic carbocycles. The van der Waals surface area contributed by atoms with Crippen LogP contribution in [0.15, 0.2) is 24.3 Å². The van der Waals surface area contributed by atoms with E-state index in [0.29, 0.717) is 0 Å². The molecule has 0 radical (unpaired) electrons. The van der Waals surface area contributed by atoms with Gasteiger partial charge in [0.1, 0.15) is 0 Å². The summed E-state index contributed by atoms with van der Waals surface area (Å²) in [5, 5.41) is 20.4. The minimum Gasteiger partial charge on any atom is -0.479 e. The Morgan fingerprint density at radius 3 is 2.14 bits per heavy atom. The van der Waals surface area contributed by atoms with Crippen LogP contribution >= 0.6 is 0 Å². The number of carbonyl (C=O) groups excluding carboxylic acids is 2. The van der Waals surface area contributed by atoms with Gasteiger partial charge in [0.2, 0.25) is 6.04 Å². The lowest BCUT2D eigenvalue weighted by Gasteiger charge is -2.15. The first-order chi connectivity index (χ1) is 10.1. The summed E-state index contributed by atoms with van der Waals surface area (Å²) >= 11 is 0. The molecule has 0 aliphatic rings. The Morgan fingerprint density at radius 1 is 1.18 bits per heavy atom. The summed E-state index contributed by atoms with van der Waals surface area (Å²) < 4.78 is 36.2. The summed E-state index contributed by atoms with van der Waals surface area (Å²) in [4.78, 5) is 33.1. The lowest BCUT2D eigenvalue weighted by molar-refractivity contribution is -0.175. The molecule has 116 valence electrons. The zero-order valence-electron chi connectivity index (χ0n) is 10.6. The molecule has 22 heavy (non-hydrogen) atoms. The SMILES string of the molecule is N#Cc1ccc(NC(=O)C(NC(=O)C(F)(F)F)C(=O)O)cc1. The highest BCUT2D eigenvalue weighted by Gasteiger charge is 2.42. The third kappa shape index (κ3) is 4.48. The van der Waals surface area contributed by atoms with E-state index in [0.717, 1.165) is 5.32 Å². The highest BCUT2D eigenvalue weighted by molar-refractivity contribution is 6.10. The standard InChI is InChI=1S/C12H8F3N3O4/c13-12(14,15)11(22)18-8(10(20)21)9(19)17-7-3-1-6(5-16)2-4-7/h1-4,8H,(H,17,19)(H,18,22)(H,20,21). The van der Waals surface area contributed by atoms with Crippen molar-refractivity contribution in [3.05, 3.63) is 29.8 Å². The molecule has 7 nitrogen and oxygen atoms in total. The Kier molecular flexibility index (Phi) is 5.07. The largest absolute Gasteiger partial charge is 0.479 e. The second-order valence-corrected chi connectivity index (χ2v) is 3.92. The Hall–Kier alpha value is -3.09. The summed E-state index contributed by atoms with van der Waals surface area (Å²) in [7, 11) is 0. The van der Waals surface area contributed by atoms with Gasteiger partial charge in [-0.2, -0.15) is 18.4 Å². The van der Waals surface area contributed by atoms with Crippen molar-refractivity contribution in [1.29, 1.82) is 5.26 Å². The zero-order valence-corrected chi connectivity index (χ0v) is 10.6. The van der Waals surface area contributed by atoms with Crippen LogP contribution in [0.25, 0.3) is 0 Å². The number of rotatable bonds is 4. The van der Waals surface area contributed by atoms with E-state index in [1.54, 1.807) is 6.07 Å². The van der Waals surface area contributed by atoms with E-state index in [1.807, 2.05) is 5.32 Å². The molecule has 10 heteroatoms. The summed E-state index contributed by atoms with van der Waals surface area (Å²) in [6.45, 7) is 0. The topological polar surface area (TPSA) is 119 Å². The molecule has 0 saturated heterocycles. The molecule has 0 aromatic heterocycles. The van der Waals surface area contributed by atoms with Crippen molar-refractivity contribution in [2.45, 2.75) is 12.2 Å². The Labute approximate surface area is 121 Å². The van der Waals surface area contributed by atoms with Gasteiger partial charge in [0.25, 0.3) is 5.91 Å². The monoisotopic (exact) mass is 315 g/mol. The van der Waals surface area contributed by atoms with E-state index in [-0.39, 0.29) is 11.3 Å². The van der Waals surface area contributed by atoms with Gasteiger partial charge < -0.3 is 15.7 Å². The number of alkyl halides is 3. The lowest BCUT2D eigenvalue weighted by atomic mass is 10.2. The first-order valence-electron chi connectivity index (χ1n) is 5.56. The molecule has 0 spiro atoms. The normalized spacial score (nSPS) is 11.9. The Balaban J connectivity index is 2.83. The van der Waals surface area contributed by atoms with Crippen LogP contribution in [0.5, 0.6) is 0 Å². The van der Waals surface area contributed by atoms with Crippen LogP contribution in [0.2, 0.25) is 0 Å². The number of nitrogens with zero attached hydrogens (tertiary/aromatic N) is 1. The van der Waals surface area contributed by atoms with Gasteiger partial charge in [-0.25, -0.2) is 4.79 Å². The number of benzene rings is 1. The third-order valence-electron chi connectivity index (χ3n) is 2.32. The van der Waals surface area contributed by atoms with Gasteiger partial charge in [-0.1, -0.05) is 0 Å². The molecule has 0 aliphatic heterocycles. The summed E-state index contributed by atoms with van der Waals surface area (Å²) in [5.74, 6) is -5.87. The summed E-state index contributed by atoms with van der Waals surface area (Å²) in [5.41, 5.74) is 0.315. The van der Waals surface area contributed by atoms with Gasteiger partial charge in [0, 0.05) is 5.69 Å². The molecule has 0 fully saturated rings. The van der Waals surface area contributed by atoms with E-state index >= 15 is 0 Å². The van der Waals surface area contributed by atoms with Crippen LogP contribution in [-0.2, 0) is 14.4 Å². The van der Waals surface area contributed by atoms with E-state index in [1.165, 1.54) is 24.3 Å². The van der Waals surface area contributed by atoms with Crippen LogP contribution in [-0.4, -0.2) is 35.1 Å². The number of nitriles is 1. The molecule has 0 heterocycles. The molecular formula is C12H8F3N3O4.